The van der Waals surface area contributed by atoms with Gasteiger partial charge < -0.3 is 0 Å². The summed E-state index contributed by atoms with van der Waals surface area (Å²) in [5, 5.41) is 0. The Balaban J connectivity index is 2.42. The molecule has 1 saturated heterocycles. The van der Waals surface area contributed by atoms with Crippen molar-refractivity contribution < 1.29 is 0 Å². The molecule has 0 nitrogen and oxygen atoms in total. The van der Waals surface area contributed by atoms with Crippen molar-refractivity contribution in [2.45, 2.75) is 45.1 Å². The second-order valence-electron chi connectivity index (χ2n) is 5.75. The predicted molar refractivity (Wildman–Crippen MR) is 83.5 cm³/mol. The molecule has 1 aliphatic rings. The number of hydrogen-bond acceptors (Lipinski definition) is 2. The fraction of sp³-hybridized carbons (Fsp3) is 0.733. The van der Waals surface area contributed by atoms with Crippen LogP contribution in [0.25, 0.3) is 0 Å². The van der Waals surface area contributed by atoms with Gasteiger partial charge in [-0.3, -0.25) is 0 Å². The Morgan fingerprint density at radius 2 is 1.94 bits per heavy atom. The molecule has 0 saturated carbocycles. The van der Waals surface area contributed by atoms with E-state index in [2.05, 4.69) is 63.2 Å². The molecule has 0 aliphatic carbocycles. The van der Waals surface area contributed by atoms with Gasteiger partial charge in [-0.15, -0.1) is 35.9 Å². The van der Waals surface area contributed by atoms with E-state index in [0.717, 1.165) is 18.8 Å². The third-order valence-corrected chi connectivity index (χ3v) is 6.60. The van der Waals surface area contributed by atoms with Gasteiger partial charge in [0, 0.05) is 6.42 Å². The molecule has 0 atom stereocenters. The van der Waals surface area contributed by atoms with Crippen molar-refractivity contribution in [2.75, 3.05) is 11.5 Å². The molecule has 0 bridgehead atoms. The topological polar surface area (TPSA) is 0 Å². The van der Waals surface area contributed by atoms with Gasteiger partial charge >= 0.3 is 0 Å². The quantitative estimate of drug-likeness (QED) is 0.409. The normalized spacial score (nSPS) is 26.6. The first kappa shape index (κ1) is 15.1. The fourth-order valence-electron chi connectivity index (χ4n) is 1.75. The van der Waals surface area contributed by atoms with E-state index in [9.17, 15) is 0 Å². The van der Waals surface area contributed by atoms with E-state index in [0.29, 0.717) is 10.00 Å². The van der Waals surface area contributed by atoms with Gasteiger partial charge in [0.05, 0.1) is 4.58 Å². The summed E-state index contributed by atoms with van der Waals surface area (Å²) in [6.45, 7) is 9.32. The highest BCUT2D eigenvalue weighted by atomic mass is 32.2. The van der Waals surface area contributed by atoms with Crippen molar-refractivity contribution in [3.8, 4) is 12.3 Å². The number of allylic oxidation sites excluding steroid dienone is 1. The molecule has 96 valence electrons. The van der Waals surface area contributed by atoms with Crippen LogP contribution < -0.4 is 0 Å². The maximum Gasteiger partial charge on any atom is 0.0708 e. The first-order chi connectivity index (χ1) is 7.95. The largest absolute Gasteiger partial charge is 0.143 e. The smallest absolute Gasteiger partial charge is 0.0708 e. The second-order valence-corrected chi connectivity index (χ2v) is 8.33. The van der Waals surface area contributed by atoms with E-state index in [1.165, 1.54) is 17.1 Å². The summed E-state index contributed by atoms with van der Waals surface area (Å²) in [5.74, 6) is 6.12. The summed E-state index contributed by atoms with van der Waals surface area (Å²) in [5.41, 5.74) is 1.95. The number of hydrogen-bond donors (Lipinski definition) is 0. The molecule has 0 aromatic rings. The zero-order valence-corrected chi connectivity index (χ0v) is 13.1. The molecule has 0 radical (unpaired) electrons. The average molecular weight is 268 g/mol. The number of unbranched alkanes of at least 4 members (excludes halogenated alkanes) is 1. The van der Waals surface area contributed by atoms with Crippen molar-refractivity contribution in [3.63, 3.8) is 0 Å². The molecule has 1 aliphatic heterocycles. The number of rotatable bonds is 3. The number of thioether (sulfide) groups is 2. The zero-order valence-electron chi connectivity index (χ0n) is 11.5. The lowest BCUT2D eigenvalue weighted by Gasteiger charge is -2.36. The van der Waals surface area contributed by atoms with Gasteiger partial charge in [-0.25, -0.2) is 0 Å². The van der Waals surface area contributed by atoms with Gasteiger partial charge in [0.1, 0.15) is 0 Å². The molecule has 2 heteroatoms. The SMILES string of the molecule is C#CCC/C=C(\C)[C@H]1SC[C@H](C(C)(C)C)CS1. The van der Waals surface area contributed by atoms with E-state index < -0.39 is 0 Å². The van der Waals surface area contributed by atoms with Crippen molar-refractivity contribution in [2.24, 2.45) is 11.3 Å². The Morgan fingerprint density at radius 3 is 2.41 bits per heavy atom. The lowest BCUT2D eigenvalue weighted by molar-refractivity contribution is 0.293. The first-order valence-corrected chi connectivity index (χ1v) is 8.38. The highest BCUT2D eigenvalue weighted by Crippen LogP contribution is 2.43. The van der Waals surface area contributed by atoms with Gasteiger partial charge in [-0.2, -0.15) is 0 Å². The summed E-state index contributed by atoms with van der Waals surface area (Å²) in [4.78, 5) is 0. The highest BCUT2D eigenvalue weighted by molar-refractivity contribution is 8.17. The van der Waals surface area contributed by atoms with Crippen LogP contribution >= 0.6 is 23.5 Å². The summed E-state index contributed by atoms with van der Waals surface area (Å²) < 4.78 is 0.659. The van der Waals surface area contributed by atoms with Crippen molar-refractivity contribution in [3.05, 3.63) is 11.6 Å². The monoisotopic (exact) mass is 268 g/mol. The molecule has 0 spiro atoms. The fourth-order valence-corrected chi connectivity index (χ4v) is 5.52. The zero-order chi connectivity index (χ0) is 12.9. The predicted octanol–water partition coefficient (Wildman–Crippen LogP) is 4.81. The second kappa shape index (κ2) is 6.81. The summed E-state index contributed by atoms with van der Waals surface area (Å²) in [6, 6.07) is 0. The van der Waals surface area contributed by atoms with Crippen LogP contribution in [0.15, 0.2) is 11.6 Å². The Bertz CT molecular complexity index is 296. The Morgan fingerprint density at radius 1 is 1.35 bits per heavy atom. The molecule has 0 unspecified atom stereocenters. The van der Waals surface area contributed by atoms with E-state index >= 15 is 0 Å². The van der Waals surface area contributed by atoms with Crippen molar-refractivity contribution >= 4 is 23.5 Å². The molecular weight excluding hydrogens is 244 g/mol. The minimum atomic E-state index is 0.450. The highest BCUT2D eigenvalue weighted by Gasteiger charge is 2.30. The van der Waals surface area contributed by atoms with Gasteiger partial charge in [0.2, 0.25) is 0 Å². The van der Waals surface area contributed by atoms with Gasteiger partial charge in [0.15, 0.2) is 0 Å². The third-order valence-electron chi connectivity index (χ3n) is 3.25. The summed E-state index contributed by atoms with van der Waals surface area (Å²) in [6.07, 6.45) is 9.49. The van der Waals surface area contributed by atoms with Crippen LogP contribution in [-0.2, 0) is 0 Å². The lowest BCUT2D eigenvalue weighted by atomic mass is 9.83. The minimum Gasteiger partial charge on any atom is -0.143 e. The molecule has 1 heterocycles. The first-order valence-electron chi connectivity index (χ1n) is 6.28. The van der Waals surface area contributed by atoms with E-state index in [-0.39, 0.29) is 0 Å². The van der Waals surface area contributed by atoms with Crippen LogP contribution in [0.2, 0.25) is 0 Å². The standard InChI is InChI=1S/C15H24S2/c1-6-7-8-9-12(2)14-16-10-13(11-17-14)15(3,4)5/h1,9,13-14H,7-8,10-11H2,2-5H3/b12-9+/t13-,14-. The van der Waals surface area contributed by atoms with E-state index in [1.807, 2.05) is 0 Å². The molecule has 0 aromatic heterocycles. The van der Waals surface area contributed by atoms with Crippen LogP contribution in [0, 0.1) is 23.7 Å². The Kier molecular flexibility index (Phi) is 6.03. The summed E-state index contributed by atoms with van der Waals surface area (Å²) >= 11 is 4.21. The number of terminal acetylenes is 1. The average Bonchev–Trinajstić information content (AvgIpc) is 2.28. The van der Waals surface area contributed by atoms with E-state index in [4.69, 9.17) is 6.42 Å². The molecular formula is C15H24S2. The molecule has 1 fully saturated rings. The lowest BCUT2D eigenvalue weighted by Crippen LogP contribution is -2.29. The minimum absolute atomic E-state index is 0.450. The molecule has 0 N–H and O–H groups in total. The van der Waals surface area contributed by atoms with Gasteiger partial charge in [0.25, 0.3) is 0 Å². The Labute approximate surface area is 115 Å². The molecule has 1 rings (SSSR count). The molecule has 17 heavy (non-hydrogen) atoms. The van der Waals surface area contributed by atoms with Crippen LogP contribution in [0.3, 0.4) is 0 Å². The van der Waals surface area contributed by atoms with E-state index in [1.54, 1.807) is 0 Å². The Hall–Kier alpha value is -0.000000000000000111. The molecule has 0 amide bonds. The maximum atomic E-state index is 5.27. The van der Waals surface area contributed by atoms with Crippen molar-refractivity contribution in [1.82, 2.24) is 0 Å². The van der Waals surface area contributed by atoms with Gasteiger partial charge in [-0.1, -0.05) is 32.4 Å². The third kappa shape index (κ3) is 5.02. The van der Waals surface area contributed by atoms with Crippen LogP contribution in [0.5, 0.6) is 0 Å². The maximum absolute atomic E-state index is 5.27. The van der Waals surface area contributed by atoms with Crippen LogP contribution in [0.1, 0.15) is 40.5 Å². The summed E-state index contributed by atoms with van der Waals surface area (Å²) in [7, 11) is 0. The van der Waals surface area contributed by atoms with Gasteiger partial charge in [-0.05, 0) is 36.2 Å². The molecule has 0 aromatic carbocycles. The van der Waals surface area contributed by atoms with Crippen LogP contribution in [0.4, 0.5) is 0 Å². The van der Waals surface area contributed by atoms with Crippen molar-refractivity contribution in [1.29, 1.82) is 0 Å². The van der Waals surface area contributed by atoms with Crippen LogP contribution in [-0.4, -0.2) is 16.1 Å².